The molecule has 0 unspecified atom stereocenters. The zero-order chi connectivity index (χ0) is 11.1. The second-order valence-electron chi connectivity index (χ2n) is 3.69. The molecular formula is C11H11F3O. The van der Waals surface area contributed by atoms with Crippen LogP contribution in [0.1, 0.15) is 29.9 Å². The lowest BCUT2D eigenvalue weighted by atomic mass is 10.0. The first kappa shape index (κ1) is 10.3. The summed E-state index contributed by atoms with van der Waals surface area (Å²) in [5.41, 5.74) is -0.225. The Balaban J connectivity index is 2.53. The molecule has 0 aromatic heterocycles. The summed E-state index contributed by atoms with van der Waals surface area (Å²) in [7, 11) is 1.40. The molecule has 1 aromatic carbocycles. The van der Waals surface area contributed by atoms with Gasteiger partial charge in [0, 0.05) is 5.56 Å². The van der Waals surface area contributed by atoms with Gasteiger partial charge in [-0.25, -0.2) is 0 Å². The van der Waals surface area contributed by atoms with Crippen molar-refractivity contribution in [3.05, 3.63) is 29.3 Å². The zero-order valence-electron chi connectivity index (χ0n) is 8.27. The van der Waals surface area contributed by atoms with Crippen LogP contribution in [0.2, 0.25) is 0 Å². The van der Waals surface area contributed by atoms with E-state index in [-0.39, 0.29) is 5.92 Å². The van der Waals surface area contributed by atoms with Crippen LogP contribution in [0.5, 0.6) is 5.75 Å². The van der Waals surface area contributed by atoms with Gasteiger partial charge in [-0.1, -0.05) is 6.07 Å². The summed E-state index contributed by atoms with van der Waals surface area (Å²) >= 11 is 0. The molecule has 4 heteroatoms. The van der Waals surface area contributed by atoms with E-state index in [1.54, 1.807) is 6.07 Å². The maximum atomic E-state index is 12.7. The van der Waals surface area contributed by atoms with Gasteiger partial charge in [-0.3, -0.25) is 0 Å². The third kappa shape index (κ3) is 1.94. The van der Waals surface area contributed by atoms with Gasteiger partial charge >= 0.3 is 6.18 Å². The van der Waals surface area contributed by atoms with Crippen LogP contribution in [-0.4, -0.2) is 7.11 Å². The smallest absolute Gasteiger partial charge is 0.416 e. The molecular weight excluding hydrogens is 205 g/mol. The van der Waals surface area contributed by atoms with E-state index >= 15 is 0 Å². The summed E-state index contributed by atoms with van der Waals surface area (Å²) in [5, 5.41) is 0. The molecule has 0 spiro atoms. The molecule has 0 heterocycles. The second-order valence-corrected chi connectivity index (χ2v) is 3.69. The van der Waals surface area contributed by atoms with E-state index in [9.17, 15) is 13.2 Å². The van der Waals surface area contributed by atoms with Crippen LogP contribution in [0.15, 0.2) is 18.2 Å². The molecule has 0 radical (unpaired) electrons. The lowest BCUT2D eigenvalue weighted by Crippen LogP contribution is -2.09. The molecule has 1 nitrogen and oxygen atoms in total. The molecule has 1 fully saturated rings. The van der Waals surface area contributed by atoms with Crippen molar-refractivity contribution >= 4 is 0 Å². The minimum absolute atomic E-state index is 0.0257. The van der Waals surface area contributed by atoms with Crippen molar-refractivity contribution in [3.8, 4) is 5.75 Å². The predicted octanol–water partition coefficient (Wildman–Crippen LogP) is 3.59. The fourth-order valence-corrected chi connectivity index (χ4v) is 1.76. The summed E-state index contributed by atoms with van der Waals surface area (Å²) in [6.45, 7) is 0. The molecule has 1 saturated carbocycles. The lowest BCUT2D eigenvalue weighted by Gasteiger charge is -2.15. The van der Waals surface area contributed by atoms with Crippen LogP contribution in [-0.2, 0) is 6.18 Å². The maximum absolute atomic E-state index is 12.7. The second kappa shape index (κ2) is 3.43. The average molecular weight is 216 g/mol. The molecule has 0 bridgehead atoms. The Morgan fingerprint density at radius 3 is 2.40 bits per heavy atom. The van der Waals surface area contributed by atoms with Crippen molar-refractivity contribution in [1.29, 1.82) is 0 Å². The molecule has 82 valence electrons. The quantitative estimate of drug-likeness (QED) is 0.734. The highest BCUT2D eigenvalue weighted by molar-refractivity contribution is 5.46. The summed E-state index contributed by atoms with van der Waals surface area (Å²) in [6, 6.07) is 4.09. The van der Waals surface area contributed by atoms with Crippen LogP contribution in [0, 0.1) is 0 Å². The van der Waals surface area contributed by atoms with Gasteiger partial charge in [0.25, 0.3) is 0 Å². The topological polar surface area (TPSA) is 9.23 Å². The number of hydrogen-bond acceptors (Lipinski definition) is 1. The van der Waals surface area contributed by atoms with Crippen molar-refractivity contribution in [3.63, 3.8) is 0 Å². The maximum Gasteiger partial charge on any atom is 0.416 e. The minimum Gasteiger partial charge on any atom is -0.496 e. The van der Waals surface area contributed by atoms with E-state index in [1.165, 1.54) is 13.2 Å². The number of methoxy groups -OCH3 is 1. The normalized spacial score (nSPS) is 16.5. The third-order valence-corrected chi connectivity index (χ3v) is 2.58. The van der Waals surface area contributed by atoms with Gasteiger partial charge in [0.05, 0.1) is 12.7 Å². The number of alkyl halides is 3. The Labute approximate surface area is 85.9 Å². The lowest BCUT2D eigenvalue weighted by molar-refractivity contribution is -0.138. The first-order chi connectivity index (χ1) is 7.04. The molecule has 0 atom stereocenters. The van der Waals surface area contributed by atoms with Crippen LogP contribution in [0.4, 0.5) is 13.2 Å². The highest BCUT2D eigenvalue weighted by Crippen LogP contribution is 2.49. The largest absolute Gasteiger partial charge is 0.496 e. The molecule has 2 rings (SSSR count). The van der Waals surface area contributed by atoms with E-state index in [0.29, 0.717) is 11.3 Å². The Morgan fingerprint density at radius 2 is 1.93 bits per heavy atom. The van der Waals surface area contributed by atoms with E-state index in [1.807, 2.05) is 0 Å². The van der Waals surface area contributed by atoms with Crippen LogP contribution >= 0.6 is 0 Å². The summed E-state index contributed by atoms with van der Waals surface area (Å²) in [6.07, 6.45) is -2.64. The van der Waals surface area contributed by atoms with Gasteiger partial charge in [-0.15, -0.1) is 0 Å². The molecule has 1 aromatic rings. The number of hydrogen-bond donors (Lipinski definition) is 0. The first-order valence-electron chi connectivity index (χ1n) is 4.78. The highest BCUT2D eigenvalue weighted by atomic mass is 19.4. The van der Waals surface area contributed by atoms with E-state index < -0.39 is 11.7 Å². The van der Waals surface area contributed by atoms with Gasteiger partial charge in [-0.05, 0) is 30.9 Å². The molecule has 1 aliphatic rings. The number of halogens is 3. The summed E-state index contributed by atoms with van der Waals surface area (Å²) in [4.78, 5) is 0. The minimum atomic E-state index is -4.29. The van der Waals surface area contributed by atoms with Crippen LogP contribution < -0.4 is 4.74 Å². The zero-order valence-corrected chi connectivity index (χ0v) is 8.27. The summed E-state index contributed by atoms with van der Waals surface area (Å²) < 4.78 is 43.1. The van der Waals surface area contributed by atoms with Crippen molar-refractivity contribution in [2.45, 2.75) is 24.9 Å². The van der Waals surface area contributed by atoms with Crippen LogP contribution in [0.25, 0.3) is 0 Å². The fourth-order valence-electron chi connectivity index (χ4n) is 1.76. The Bertz CT molecular complexity index is 367. The first-order valence-corrected chi connectivity index (χ1v) is 4.78. The fraction of sp³-hybridized carbons (Fsp3) is 0.455. The average Bonchev–Trinajstić information content (AvgIpc) is 2.98. The van der Waals surface area contributed by atoms with Gasteiger partial charge in [0.15, 0.2) is 0 Å². The third-order valence-electron chi connectivity index (χ3n) is 2.58. The Hall–Kier alpha value is -1.19. The van der Waals surface area contributed by atoms with Crippen molar-refractivity contribution in [1.82, 2.24) is 0 Å². The molecule has 0 N–H and O–H groups in total. The van der Waals surface area contributed by atoms with Crippen LogP contribution in [0.3, 0.4) is 0 Å². The van der Waals surface area contributed by atoms with Gasteiger partial charge < -0.3 is 4.74 Å². The standard InChI is InChI=1S/C11H11F3O/c1-15-9-4-2-3-8(11(12,13)14)10(9)7-5-6-7/h2-4,7H,5-6H2,1H3. The molecule has 15 heavy (non-hydrogen) atoms. The Morgan fingerprint density at radius 1 is 1.27 bits per heavy atom. The van der Waals surface area contributed by atoms with Crippen molar-refractivity contribution in [2.75, 3.05) is 7.11 Å². The van der Waals surface area contributed by atoms with E-state index in [0.717, 1.165) is 18.9 Å². The highest BCUT2D eigenvalue weighted by Gasteiger charge is 2.39. The number of rotatable bonds is 2. The predicted molar refractivity (Wildman–Crippen MR) is 50.0 cm³/mol. The monoisotopic (exact) mass is 216 g/mol. The SMILES string of the molecule is COc1cccc(C(F)(F)F)c1C1CC1. The van der Waals surface area contributed by atoms with E-state index in [4.69, 9.17) is 4.74 Å². The Kier molecular flexibility index (Phi) is 2.37. The van der Waals surface area contributed by atoms with Gasteiger partial charge in [0.2, 0.25) is 0 Å². The molecule has 0 saturated heterocycles. The van der Waals surface area contributed by atoms with Crippen molar-refractivity contribution < 1.29 is 17.9 Å². The number of ether oxygens (including phenoxy) is 1. The van der Waals surface area contributed by atoms with Gasteiger partial charge in [-0.2, -0.15) is 13.2 Å². The molecule has 1 aliphatic carbocycles. The molecule has 0 aliphatic heterocycles. The molecule has 0 amide bonds. The number of benzene rings is 1. The van der Waals surface area contributed by atoms with Crippen molar-refractivity contribution in [2.24, 2.45) is 0 Å². The summed E-state index contributed by atoms with van der Waals surface area (Å²) in [5.74, 6) is 0.380. The van der Waals surface area contributed by atoms with Gasteiger partial charge in [0.1, 0.15) is 5.75 Å². The van der Waals surface area contributed by atoms with E-state index in [2.05, 4.69) is 0 Å².